The lowest BCUT2D eigenvalue weighted by molar-refractivity contribution is -0.135. The Morgan fingerprint density at radius 3 is 2.71 bits per heavy atom. The smallest absolute Gasteiger partial charge is 0.389 e. The van der Waals surface area contributed by atoms with Gasteiger partial charge in [0.25, 0.3) is 0 Å². The predicted octanol–water partition coefficient (Wildman–Crippen LogP) is 2.77. The zero-order valence-corrected chi connectivity index (χ0v) is 11.4. The lowest BCUT2D eigenvalue weighted by atomic mass is 10.1. The molecule has 118 valence electrons. The maximum atomic E-state index is 11.9. The summed E-state index contributed by atoms with van der Waals surface area (Å²) in [5.41, 5.74) is 0.682. The zero-order valence-electron chi connectivity index (χ0n) is 11.4. The number of unbranched alkanes of at least 4 members (excludes halogenated alkanes) is 1. The molecule has 0 spiro atoms. The van der Waals surface area contributed by atoms with E-state index in [0.29, 0.717) is 30.0 Å². The number of benzene rings is 1. The van der Waals surface area contributed by atoms with Gasteiger partial charge in [0.15, 0.2) is 11.5 Å². The summed E-state index contributed by atoms with van der Waals surface area (Å²) in [5, 5.41) is 12.9. The number of fused-ring (bicyclic) bond motifs is 1. The fourth-order valence-electron chi connectivity index (χ4n) is 2.05. The van der Waals surface area contributed by atoms with Gasteiger partial charge >= 0.3 is 6.18 Å². The summed E-state index contributed by atoms with van der Waals surface area (Å²) in [4.78, 5) is 0. The van der Waals surface area contributed by atoms with Crippen molar-refractivity contribution in [3.8, 4) is 11.5 Å². The predicted molar refractivity (Wildman–Crippen MR) is 70.3 cm³/mol. The molecular weight excluding hydrogens is 287 g/mol. The van der Waals surface area contributed by atoms with Crippen LogP contribution in [0.25, 0.3) is 0 Å². The van der Waals surface area contributed by atoms with Gasteiger partial charge in [-0.15, -0.1) is 0 Å². The number of rotatable bonds is 7. The molecule has 4 nitrogen and oxygen atoms in total. The van der Waals surface area contributed by atoms with Crippen molar-refractivity contribution in [3.05, 3.63) is 23.8 Å². The lowest BCUT2D eigenvalue weighted by Gasteiger charge is -2.13. The van der Waals surface area contributed by atoms with Crippen LogP contribution in [-0.4, -0.2) is 31.2 Å². The molecule has 0 saturated carbocycles. The second kappa shape index (κ2) is 7.00. The van der Waals surface area contributed by atoms with Gasteiger partial charge in [-0.25, -0.2) is 0 Å². The summed E-state index contributed by atoms with van der Waals surface area (Å²) >= 11 is 0. The lowest BCUT2D eigenvalue weighted by Crippen LogP contribution is -2.22. The van der Waals surface area contributed by atoms with Gasteiger partial charge in [0, 0.05) is 13.0 Å². The fraction of sp³-hybridized carbons (Fsp3) is 0.571. The number of hydrogen-bond donors (Lipinski definition) is 2. The molecule has 0 saturated heterocycles. The Morgan fingerprint density at radius 1 is 1.19 bits per heavy atom. The highest BCUT2D eigenvalue weighted by Crippen LogP contribution is 2.34. The van der Waals surface area contributed by atoms with Crippen molar-refractivity contribution >= 4 is 0 Å². The van der Waals surface area contributed by atoms with E-state index in [1.54, 1.807) is 18.2 Å². The molecule has 1 unspecified atom stereocenters. The minimum absolute atomic E-state index is 0.0939. The number of hydrogen-bond acceptors (Lipinski definition) is 4. The molecule has 1 aromatic rings. The number of aliphatic hydroxyl groups excluding tert-OH is 1. The molecule has 0 radical (unpaired) electrons. The number of halogens is 3. The molecule has 21 heavy (non-hydrogen) atoms. The van der Waals surface area contributed by atoms with E-state index < -0.39 is 18.7 Å². The minimum atomic E-state index is -4.09. The number of alkyl halides is 3. The molecule has 2 rings (SSSR count). The van der Waals surface area contributed by atoms with Gasteiger partial charge in [0.05, 0.1) is 6.10 Å². The molecular formula is C14H18F3NO3. The fourth-order valence-corrected chi connectivity index (χ4v) is 2.05. The van der Waals surface area contributed by atoms with Crippen molar-refractivity contribution in [1.82, 2.24) is 5.32 Å². The van der Waals surface area contributed by atoms with Crippen LogP contribution in [0.2, 0.25) is 0 Å². The molecule has 1 atom stereocenters. The summed E-state index contributed by atoms with van der Waals surface area (Å²) in [6.07, 6.45) is -5.07. The van der Waals surface area contributed by atoms with Crippen molar-refractivity contribution < 1.29 is 27.8 Å². The Hall–Kier alpha value is -1.47. The average Bonchev–Trinajstić information content (AvgIpc) is 2.88. The maximum absolute atomic E-state index is 11.9. The van der Waals surface area contributed by atoms with Crippen LogP contribution in [0, 0.1) is 0 Å². The molecule has 0 fully saturated rings. The summed E-state index contributed by atoms with van der Waals surface area (Å²) in [7, 11) is 0. The first-order valence-corrected chi connectivity index (χ1v) is 6.81. The van der Waals surface area contributed by atoms with Crippen LogP contribution < -0.4 is 14.8 Å². The van der Waals surface area contributed by atoms with E-state index in [-0.39, 0.29) is 19.8 Å². The summed E-state index contributed by atoms with van der Waals surface area (Å²) in [5.74, 6) is 1.24. The van der Waals surface area contributed by atoms with Gasteiger partial charge in [0.1, 0.15) is 0 Å². The standard InChI is InChI=1S/C14H18F3NO3/c15-14(16,17)5-1-2-6-18-8-11(19)10-3-4-12-13(7-10)21-9-20-12/h3-4,7,11,18-19H,1-2,5-6,8-9H2. The Kier molecular flexibility index (Phi) is 5.30. The van der Waals surface area contributed by atoms with Crippen LogP contribution in [0.4, 0.5) is 13.2 Å². The molecule has 1 aromatic carbocycles. The molecule has 1 aliphatic heterocycles. The normalized spacial score (nSPS) is 15.2. The Labute approximate surface area is 120 Å². The quantitative estimate of drug-likeness (QED) is 0.761. The number of ether oxygens (including phenoxy) is 2. The van der Waals surface area contributed by atoms with Crippen molar-refractivity contribution in [2.24, 2.45) is 0 Å². The molecule has 2 N–H and O–H groups in total. The Morgan fingerprint density at radius 2 is 1.95 bits per heavy atom. The van der Waals surface area contributed by atoms with E-state index in [1.165, 1.54) is 0 Å². The molecule has 1 aliphatic rings. The summed E-state index contributed by atoms with van der Waals surface area (Å²) in [6.45, 7) is 0.899. The molecule has 0 aromatic heterocycles. The Balaban J connectivity index is 1.67. The highest BCUT2D eigenvalue weighted by atomic mass is 19.4. The van der Waals surface area contributed by atoms with Crippen LogP contribution >= 0.6 is 0 Å². The van der Waals surface area contributed by atoms with Gasteiger partial charge in [-0.3, -0.25) is 0 Å². The van der Waals surface area contributed by atoms with Crippen LogP contribution in [-0.2, 0) is 0 Å². The third-order valence-corrected chi connectivity index (χ3v) is 3.18. The highest BCUT2D eigenvalue weighted by molar-refractivity contribution is 5.45. The summed E-state index contributed by atoms with van der Waals surface area (Å²) < 4.78 is 46.2. The van der Waals surface area contributed by atoms with Crippen molar-refractivity contribution in [2.45, 2.75) is 31.5 Å². The SMILES string of the molecule is OC(CNCCCCC(F)(F)F)c1ccc2c(c1)OCO2. The largest absolute Gasteiger partial charge is 0.454 e. The first-order valence-electron chi connectivity index (χ1n) is 6.81. The third kappa shape index (κ3) is 5.09. The molecule has 1 heterocycles. The number of nitrogens with one attached hydrogen (secondary N) is 1. The van der Waals surface area contributed by atoms with E-state index in [1.807, 2.05) is 0 Å². The summed E-state index contributed by atoms with van der Waals surface area (Å²) in [6, 6.07) is 5.17. The van der Waals surface area contributed by atoms with Gasteiger partial charge in [-0.2, -0.15) is 13.2 Å². The monoisotopic (exact) mass is 305 g/mol. The van der Waals surface area contributed by atoms with Gasteiger partial charge in [-0.1, -0.05) is 6.07 Å². The van der Waals surface area contributed by atoms with Crippen molar-refractivity contribution in [2.75, 3.05) is 19.9 Å². The van der Waals surface area contributed by atoms with Gasteiger partial charge < -0.3 is 19.9 Å². The van der Waals surface area contributed by atoms with E-state index >= 15 is 0 Å². The van der Waals surface area contributed by atoms with E-state index in [0.717, 1.165) is 0 Å². The van der Waals surface area contributed by atoms with Crippen LogP contribution in [0.5, 0.6) is 11.5 Å². The van der Waals surface area contributed by atoms with Gasteiger partial charge in [-0.05, 0) is 37.1 Å². The molecule has 0 amide bonds. The highest BCUT2D eigenvalue weighted by Gasteiger charge is 2.25. The van der Waals surface area contributed by atoms with Crippen molar-refractivity contribution in [1.29, 1.82) is 0 Å². The zero-order chi connectivity index (χ0) is 15.3. The second-order valence-electron chi connectivity index (χ2n) is 4.90. The molecule has 0 bridgehead atoms. The van der Waals surface area contributed by atoms with Crippen LogP contribution in [0.15, 0.2) is 18.2 Å². The van der Waals surface area contributed by atoms with E-state index in [9.17, 15) is 18.3 Å². The third-order valence-electron chi connectivity index (χ3n) is 3.18. The van der Waals surface area contributed by atoms with Crippen molar-refractivity contribution in [3.63, 3.8) is 0 Å². The van der Waals surface area contributed by atoms with E-state index in [2.05, 4.69) is 5.32 Å². The van der Waals surface area contributed by atoms with Crippen LogP contribution in [0.1, 0.15) is 30.9 Å². The first-order chi connectivity index (χ1) is 9.96. The first kappa shape index (κ1) is 15.9. The second-order valence-corrected chi connectivity index (χ2v) is 4.90. The minimum Gasteiger partial charge on any atom is -0.454 e. The molecule has 7 heteroatoms. The average molecular weight is 305 g/mol. The van der Waals surface area contributed by atoms with Gasteiger partial charge in [0.2, 0.25) is 6.79 Å². The molecule has 0 aliphatic carbocycles. The topological polar surface area (TPSA) is 50.7 Å². The Bertz CT molecular complexity index is 465. The maximum Gasteiger partial charge on any atom is 0.389 e. The number of aliphatic hydroxyl groups is 1. The van der Waals surface area contributed by atoms with Crippen LogP contribution in [0.3, 0.4) is 0 Å². The van der Waals surface area contributed by atoms with E-state index in [4.69, 9.17) is 9.47 Å².